The van der Waals surface area contributed by atoms with E-state index in [9.17, 15) is 13.6 Å². The van der Waals surface area contributed by atoms with Crippen molar-refractivity contribution in [2.45, 2.75) is 19.0 Å². The van der Waals surface area contributed by atoms with Crippen molar-refractivity contribution >= 4 is 5.91 Å². The van der Waals surface area contributed by atoms with Gasteiger partial charge in [-0.1, -0.05) is 6.07 Å². The van der Waals surface area contributed by atoms with Crippen molar-refractivity contribution in [3.8, 4) is 0 Å². The molecule has 0 bridgehead atoms. The summed E-state index contributed by atoms with van der Waals surface area (Å²) in [5.41, 5.74) is 0.552. The van der Waals surface area contributed by atoms with Gasteiger partial charge in [0.2, 0.25) is 5.91 Å². The van der Waals surface area contributed by atoms with Crippen LogP contribution in [0.2, 0.25) is 0 Å². The number of nitrogens with zero attached hydrogens (tertiary/aromatic N) is 1. The zero-order valence-electron chi connectivity index (χ0n) is 11.5. The first-order chi connectivity index (χ1) is 9.50. The van der Waals surface area contributed by atoms with Crippen molar-refractivity contribution in [1.29, 1.82) is 0 Å². The second kappa shape index (κ2) is 6.28. The van der Waals surface area contributed by atoms with Crippen LogP contribution in [0, 0.1) is 11.6 Å². The number of hydrogen-bond acceptors (Lipinski definition) is 3. The first-order valence-electron chi connectivity index (χ1n) is 6.53. The molecule has 4 nitrogen and oxygen atoms in total. The molecule has 1 saturated heterocycles. The highest BCUT2D eigenvalue weighted by atomic mass is 19.2. The predicted octanol–water partition coefficient (Wildman–Crippen LogP) is 1.47. The predicted molar refractivity (Wildman–Crippen MR) is 70.2 cm³/mol. The van der Waals surface area contributed by atoms with Crippen LogP contribution in [0.3, 0.4) is 0 Å². The molecule has 20 heavy (non-hydrogen) atoms. The lowest BCUT2D eigenvalue weighted by atomic mass is 10.1. The van der Waals surface area contributed by atoms with Crippen molar-refractivity contribution in [3.05, 3.63) is 35.4 Å². The van der Waals surface area contributed by atoms with Gasteiger partial charge in [0.05, 0.1) is 19.3 Å². The van der Waals surface area contributed by atoms with E-state index < -0.39 is 11.6 Å². The summed E-state index contributed by atoms with van der Waals surface area (Å²) in [7, 11) is 1.64. The fourth-order valence-electron chi connectivity index (χ4n) is 2.16. The molecule has 1 aromatic rings. The topological polar surface area (TPSA) is 41.6 Å². The fraction of sp³-hybridized carbons (Fsp3) is 0.500. The Kier molecular flexibility index (Phi) is 4.67. The van der Waals surface area contributed by atoms with Gasteiger partial charge in [-0.05, 0) is 24.6 Å². The molecule has 6 heteroatoms. The molecule has 1 amide bonds. The van der Waals surface area contributed by atoms with Gasteiger partial charge in [-0.25, -0.2) is 8.78 Å². The van der Waals surface area contributed by atoms with E-state index in [0.29, 0.717) is 25.3 Å². The van der Waals surface area contributed by atoms with Crippen LogP contribution in [-0.4, -0.2) is 43.7 Å². The van der Waals surface area contributed by atoms with Crippen LogP contribution >= 0.6 is 0 Å². The summed E-state index contributed by atoms with van der Waals surface area (Å²) in [5, 5.41) is 3.08. The standard InChI is InChI=1S/C14H18F2N2O2/c1-9(10-3-4-11(15)12(16)7-10)18(2)14(19)13-8-20-6-5-17-13/h3-4,7,9,13,17H,5-6,8H2,1-2H3. The largest absolute Gasteiger partial charge is 0.378 e. The van der Waals surface area contributed by atoms with E-state index in [1.807, 2.05) is 0 Å². The maximum atomic E-state index is 13.2. The summed E-state index contributed by atoms with van der Waals surface area (Å²) in [5.74, 6) is -1.92. The second-order valence-corrected chi connectivity index (χ2v) is 4.88. The lowest BCUT2D eigenvalue weighted by Gasteiger charge is -2.31. The molecule has 1 fully saturated rings. The molecular weight excluding hydrogens is 266 g/mol. The summed E-state index contributed by atoms with van der Waals surface area (Å²) in [4.78, 5) is 13.8. The number of ether oxygens (including phenoxy) is 1. The molecular formula is C14H18F2N2O2. The number of nitrogens with one attached hydrogen (secondary N) is 1. The number of likely N-dealkylation sites (N-methyl/N-ethyl adjacent to an activating group) is 1. The molecule has 0 saturated carbocycles. The fourth-order valence-corrected chi connectivity index (χ4v) is 2.16. The molecule has 0 aliphatic carbocycles. The molecule has 0 aromatic heterocycles. The Bertz CT molecular complexity index is 490. The van der Waals surface area contributed by atoms with Crippen molar-refractivity contribution < 1.29 is 18.3 Å². The molecule has 0 radical (unpaired) electrons. The normalized spacial score (nSPS) is 20.5. The van der Waals surface area contributed by atoms with Crippen LogP contribution in [0.5, 0.6) is 0 Å². The first-order valence-corrected chi connectivity index (χ1v) is 6.53. The molecule has 2 rings (SSSR count). The zero-order chi connectivity index (χ0) is 14.7. The number of amides is 1. The van der Waals surface area contributed by atoms with Crippen LogP contribution in [0.25, 0.3) is 0 Å². The van der Waals surface area contributed by atoms with E-state index in [1.165, 1.54) is 11.0 Å². The van der Waals surface area contributed by atoms with Gasteiger partial charge in [0.1, 0.15) is 6.04 Å². The third-order valence-corrected chi connectivity index (χ3v) is 3.57. The molecule has 1 N–H and O–H groups in total. The molecule has 1 heterocycles. The number of hydrogen-bond donors (Lipinski definition) is 1. The summed E-state index contributed by atoms with van der Waals surface area (Å²) in [6.07, 6.45) is 0. The highest BCUT2D eigenvalue weighted by Gasteiger charge is 2.27. The van der Waals surface area contributed by atoms with Crippen LogP contribution in [0.1, 0.15) is 18.5 Å². The van der Waals surface area contributed by atoms with Gasteiger partial charge < -0.3 is 15.0 Å². The molecule has 110 valence electrons. The number of carbonyl (C=O) groups is 1. The Morgan fingerprint density at radius 2 is 2.20 bits per heavy atom. The molecule has 1 aliphatic rings. The minimum Gasteiger partial charge on any atom is -0.378 e. The van der Waals surface area contributed by atoms with Gasteiger partial charge in [0.25, 0.3) is 0 Å². The number of benzene rings is 1. The second-order valence-electron chi connectivity index (χ2n) is 4.88. The lowest BCUT2D eigenvalue weighted by molar-refractivity contribution is -0.137. The van der Waals surface area contributed by atoms with Crippen molar-refractivity contribution in [2.75, 3.05) is 26.8 Å². The van der Waals surface area contributed by atoms with Crippen molar-refractivity contribution in [3.63, 3.8) is 0 Å². The lowest BCUT2D eigenvalue weighted by Crippen LogP contribution is -2.52. The van der Waals surface area contributed by atoms with Crippen molar-refractivity contribution in [2.24, 2.45) is 0 Å². The highest BCUT2D eigenvalue weighted by molar-refractivity contribution is 5.82. The van der Waals surface area contributed by atoms with E-state index in [4.69, 9.17) is 4.74 Å². The van der Waals surface area contributed by atoms with Gasteiger partial charge in [-0.15, -0.1) is 0 Å². The molecule has 1 aromatic carbocycles. The first kappa shape index (κ1) is 14.9. The maximum absolute atomic E-state index is 13.2. The Hall–Kier alpha value is -1.53. The number of carbonyl (C=O) groups excluding carboxylic acids is 1. The van der Waals surface area contributed by atoms with Crippen LogP contribution in [-0.2, 0) is 9.53 Å². The third-order valence-electron chi connectivity index (χ3n) is 3.57. The number of morpholine rings is 1. The quantitative estimate of drug-likeness (QED) is 0.914. The average molecular weight is 284 g/mol. The smallest absolute Gasteiger partial charge is 0.242 e. The van der Waals surface area contributed by atoms with Gasteiger partial charge in [-0.2, -0.15) is 0 Å². The summed E-state index contributed by atoms with van der Waals surface area (Å²) in [6.45, 7) is 3.32. The molecule has 1 aliphatic heterocycles. The van der Waals surface area contributed by atoms with E-state index >= 15 is 0 Å². The molecule has 0 spiro atoms. The summed E-state index contributed by atoms with van der Waals surface area (Å²) >= 11 is 0. The van der Waals surface area contributed by atoms with Crippen LogP contribution in [0.4, 0.5) is 8.78 Å². The molecule has 2 unspecified atom stereocenters. The number of rotatable bonds is 3. The minimum atomic E-state index is -0.908. The Balaban J connectivity index is 2.08. The van der Waals surface area contributed by atoms with Gasteiger partial charge >= 0.3 is 0 Å². The van der Waals surface area contributed by atoms with Gasteiger partial charge in [0, 0.05) is 13.6 Å². The van der Waals surface area contributed by atoms with E-state index in [1.54, 1.807) is 14.0 Å². The van der Waals surface area contributed by atoms with Crippen LogP contribution < -0.4 is 5.32 Å². The van der Waals surface area contributed by atoms with E-state index in [0.717, 1.165) is 12.1 Å². The Morgan fingerprint density at radius 3 is 2.80 bits per heavy atom. The highest BCUT2D eigenvalue weighted by Crippen LogP contribution is 2.21. The Labute approximate surface area is 116 Å². The summed E-state index contributed by atoms with van der Waals surface area (Å²) in [6, 6.07) is 2.94. The van der Waals surface area contributed by atoms with Gasteiger partial charge in [-0.3, -0.25) is 4.79 Å². The monoisotopic (exact) mass is 284 g/mol. The maximum Gasteiger partial charge on any atom is 0.242 e. The SMILES string of the molecule is CC(c1ccc(F)c(F)c1)N(C)C(=O)C1COCCN1. The zero-order valence-corrected chi connectivity index (χ0v) is 11.5. The summed E-state index contributed by atoms with van der Waals surface area (Å²) < 4.78 is 31.4. The van der Waals surface area contributed by atoms with Crippen molar-refractivity contribution in [1.82, 2.24) is 10.2 Å². The van der Waals surface area contributed by atoms with E-state index in [2.05, 4.69) is 5.32 Å². The van der Waals surface area contributed by atoms with E-state index in [-0.39, 0.29) is 18.0 Å². The van der Waals surface area contributed by atoms with Gasteiger partial charge in [0.15, 0.2) is 11.6 Å². The third kappa shape index (κ3) is 3.13. The molecule has 2 atom stereocenters. The average Bonchev–Trinajstić information content (AvgIpc) is 2.48. The minimum absolute atomic E-state index is 0.123. The van der Waals surface area contributed by atoms with Crippen LogP contribution in [0.15, 0.2) is 18.2 Å². The Morgan fingerprint density at radius 1 is 1.45 bits per heavy atom. The number of halogens is 2.